The number of methoxy groups -OCH3 is 2. The molecule has 3 rings (SSSR count). The van der Waals surface area contributed by atoms with Gasteiger partial charge in [-0.2, -0.15) is 9.97 Å². The minimum absolute atomic E-state index is 0.159. The van der Waals surface area contributed by atoms with Crippen molar-refractivity contribution in [3.63, 3.8) is 0 Å². The molecule has 0 bridgehead atoms. The lowest BCUT2D eigenvalue weighted by Crippen LogP contribution is -2.09. The predicted octanol–water partition coefficient (Wildman–Crippen LogP) is 2.03. The van der Waals surface area contributed by atoms with E-state index in [-0.39, 0.29) is 17.8 Å². The topological polar surface area (TPSA) is 114 Å². The number of hydrogen-bond donors (Lipinski definition) is 1. The van der Waals surface area contributed by atoms with E-state index in [0.29, 0.717) is 41.2 Å². The number of aromatic nitrogens is 4. The number of fused-ring (bicyclic) bond motifs is 1. The van der Waals surface area contributed by atoms with Crippen LogP contribution in [0.25, 0.3) is 11.2 Å². The second-order valence-electron chi connectivity index (χ2n) is 5.56. The van der Waals surface area contributed by atoms with Gasteiger partial charge in [-0.1, -0.05) is 12.1 Å². The third-order valence-electron chi connectivity index (χ3n) is 3.79. The molecule has 0 atom stereocenters. The van der Waals surface area contributed by atoms with Crippen LogP contribution < -0.4 is 10.5 Å². The first-order chi connectivity index (χ1) is 13.0. The molecule has 27 heavy (non-hydrogen) atoms. The van der Waals surface area contributed by atoms with Crippen LogP contribution in [0.1, 0.15) is 15.9 Å². The number of carbonyl (C=O) groups excluding carboxylic acids is 1. The van der Waals surface area contributed by atoms with E-state index in [1.165, 1.54) is 7.11 Å². The van der Waals surface area contributed by atoms with Gasteiger partial charge in [0.1, 0.15) is 6.61 Å². The van der Waals surface area contributed by atoms with Crippen LogP contribution in [0.15, 0.2) is 29.0 Å². The molecule has 0 aliphatic carbocycles. The molecule has 0 saturated heterocycles. The van der Waals surface area contributed by atoms with Crippen LogP contribution in [0.4, 0.5) is 5.82 Å². The molecule has 1 aromatic carbocycles. The van der Waals surface area contributed by atoms with Gasteiger partial charge in [-0.3, -0.25) is 4.57 Å². The fourth-order valence-electron chi connectivity index (χ4n) is 2.44. The van der Waals surface area contributed by atoms with Crippen LogP contribution in [-0.4, -0.2) is 52.9 Å². The van der Waals surface area contributed by atoms with Crippen LogP contribution >= 0.6 is 15.9 Å². The zero-order valence-corrected chi connectivity index (χ0v) is 16.4. The average Bonchev–Trinajstić information content (AvgIpc) is 2.98. The standard InChI is InChI=1S/C17H18BrN5O4/c1-25-7-8-27-17-21-13(19)12-14(22-17)23(16(18)20-12)9-10-3-5-11(6-4-10)15(24)26-2/h3-6H,7-9H2,1-2H3,(H2,19,21,22). The highest BCUT2D eigenvalue weighted by Gasteiger charge is 2.16. The molecule has 0 unspecified atom stereocenters. The van der Waals surface area contributed by atoms with E-state index in [0.717, 1.165) is 5.56 Å². The molecule has 0 saturated carbocycles. The first-order valence-corrected chi connectivity index (χ1v) is 8.81. The third-order valence-corrected chi connectivity index (χ3v) is 4.39. The average molecular weight is 436 g/mol. The van der Waals surface area contributed by atoms with Crippen LogP contribution in [0.5, 0.6) is 6.01 Å². The maximum atomic E-state index is 11.6. The van der Waals surface area contributed by atoms with E-state index in [1.54, 1.807) is 19.2 Å². The number of esters is 1. The number of nitrogens with two attached hydrogens (primary N) is 1. The van der Waals surface area contributed by atoms with Crippen molar-refractivity contribution in [2.45, 2.75) is 6.54 Å². The number of halogens is 1. The molecule has 9 nitrogen and oxygen atoms in total. The van der Waals surface area contributed by atoms with Gasteiger partial charge in [0.15, 0.2) is 21.7 Å². The fourth-order valence-corrected chi connectivity index (χ4v) is 2.91. The summed E-state index contributed by atoms with van der Waals surface area (Å²) in [5.41, 5.74) is 8.44. The second kappa shape index (κ2) is 8.31. The minimum atomic E-state index is -0.380. The Balaban J connectivity index is 1.91. The summed E-state index contributed by atoms with van der Waals surface area (Å²) in [5.74, 6) is -0.151. The number of anilines is 1. The van der Waals surface area contributed by atoms with Crippen molar-refractivity contribution >= 4 is 38.9 Å². The Labute approximate surface area is 163 Å². The summed E-state index contributed by atoms with van der Waals surface area (Å²) in [6, 6.07) is 7.25. The number of carbonyl (C=O) groups is 1. The van der Waals surface area contributed by atoms with Gasteiger partial charge in [-0.05, 0) is 33.6 Å². The van der Waals surface area contributed by atoms with Gasteiger partial charge in [-0.15, -0.1) is 0 Å². The number of nitrogen functional groups attached to an aromatic ring is 1. The first-order valence-electron chi connectivity index (χ1n) is 8.01. The molecule has 3 aromatic rings. The molecular formula is C17H18BrN5O4. The summed E-state index contributed by atoms with van der Waals surface area (Å²) in [5, 5.41) is 0. The maximum Gasteiger partial charge on any atom is 0.337 e. The van der Waals surface area contributed by atoms with Gasteiger partial charge >= 0.3 is 12.0 Å². The fraction of sp³-hybridized carbons (Fsp3) is 0.294. The van der Waals surface area contributed by atoms with Gasteiger partial charge in [-0.25, -0.2) is 9.78 Å². The Kier molecular flexibility index (Phi) is 5.87. The molecule has 2 heterocycles. The molecule has 0 amide bonds. The number of benzene rings is 1. The highest BCUT2D eigenvalue weighted by atomic mass is 79.9. The lowest BCUT2D eigenvalue weighted by molar-refractivity contribution is 0.0600. The number of imidazole rings is 1. The van der Waals surface area contributed by atoms with Gasteiger partial charge in [0.25, 0.3) is 0 Å². The monoisotopic (exact) mass is 435 g/mol. The van der Waals surface area contributed by atoms with Crippen molar-refractivity contribution in [2.75, 3.05) is 33.2 Å². The quantitative estimate of drug-likeness (QED) is 0.340. The number of nitrogens with zero attached hydrogens (tertiary/aromatic N) is 4. The molecule has 10 heteroatoms. The Morgan fingerprint density at radius 2 is 1.89 bits per heavy atom. The van der Waals surface area contributed by atoms with Gasteiger partial charge in [0, 0.05) is 7.11 Å². The summed E-state index contributed by atoms with van der Waals surface area (Å²) < 4.78 is 17.5. The largest absolute Gasteiger partial charge is 0.465 e. The smallest absolute Gasteiger partial charge is 0.337 e. The van der Waals surface area contributed by atoms with Crippen LogP contribution in [-0.2, 0) is 16.0 Å². The van der Waals surface area contributed by atoms with Crippen LogP contribution in [0.2, 0.25) is 0 Å². The van der Waals surface area contributed by atoms with Gasteiger partial charge < -0.3 is 19.9 Å². The molecule has 0 spiro atoms. The minimum Gasteiger partial charge on any atom is -0.465 e. The van der Waals surface area contributed by atoms with Crippen molar-refractivity contribution in [2.24, 2.45) is 0 Å². The molecule has 0 fully saturated rings. The van der Waals surface area contributed by atoms with Crippen molar-refractivity contribution in [3.05, 3.63) is 40.1 Å². The van der Waals surface area contributed by atoms with E-state index in [1.807, 2.05) is 16.7 Å². The van der Waals surface area contributed by atoms with Crippen LogP contribution in [0.3, 0.4) is 0 Å². The third kappa shape index (κ3) is 4.17. The molecule has 2 N–H and O–H groups in total. The lowest BCUT2D eigenvalue weighted by Gasteiger charge is -2.08. The molecule has 0 aliphatic rings. The highest BCUT2D eigenvalue weighted by Crippen LogP contribution is 2.25. The summed E-state index contributed by atoms with van der Waals surface area (Å²) in [4.78, 5) is 24.5. The normalized spacial score (nSPS) is 10.9. The highest BCUT2D eigenvalue weighted by molar-refractivity contribution is 9.10. The Bertz CT molecular complexity index is 958. The Hall–Kier alpha value is -2.72. The number of rotatable bonds is 7. The van der Waals surface area contributed by atoms with Crippen molar-refractivity contribution in [1.29, 1.82) is 0 Å². The number of hydrogen-bond acceptors (Lipinski definition) is 8. The maximum absolute atomic E-state index is 11.6. The van der Waals surface area contributed by atoms with E-state index < -0.39 is 0 Å². The Morgan fingerprint density at radius 1 is 1.15 bits per heavy atom. The molecule has 2 aromatic heterocycles. The van der Waals surface area contributed by atoms with Gasteiger partial charge in [0.2, 0.25) is 0 Å². The predicted molar refractivity (Wildman–Crippen MR) is 102 cm³/mol. The van der Waals surface area contributed by atoms with E-state index in [2.05, 4.69) is 30.9 Å². The summed E-state index contributed by atoms with van der Waals surface area (Å²) >= 11 is 3.43. The summed E-state index contributed by atoms with van der Waals surface area (Å²) in [6.45, 7) is 1.19. The van der Waals surface area contributed by atoms with Crippen molar-refractivity contribution in [1.82, 2.24) is 19.5 Å². The van der Waals surface area contributed by atoms with E-state index >= 15 is 0 Å². The molecule has 142 valence electrons. The van der Waals surface area contributed by atoms with Crippen molar-refractivity contribution in [3.8, 4) is 6.01 Å². The summed E-state index contributed by atoms with van der Waals surface area (Å²) in [6.07, 6.45) is 0. The molecular weight excluding hydrogens is 418 g/mol. The first kappa shape index (κ1) is 19.1. The van der Waals surface area contributed by atoms with Crippen LogP contribution in [0, 0.1) is 0 Å². The van der Waals surface area contributed by atoms with Gasteiger partial charge in [0.05, 0.1) is 25.8 Å². The van der Waals surface area contributed by atoms with Crippen molar-refractivity contribution < 1.29 is 19.0 Å². The molecule has 0 radical (unpaired) electrons. The number of ether oxygens (including phenoxy) is 3. The molecule has 0 aliphatic heterocycles. The summed E-state index contributed by atoms with van der Waals surface area (Å²) in [7, 11) is 2.93. The second-order valence-corrected chi connectivity index (χ2v) is 6.27. The SMILES string of the molecule is COCCOc1nc(N)c2nc(Br)n(Cc3ccc(C(=O)OC)cc3)c2n1. The van der Waals surface area contributed by atoms with E-state index in [9.17, 15) is 4.79 Å². The lowest BCUT2D eigenvalue weighted by atomic mass is 10.1. The Morgan fingerprint density at radius 3 is 2.56 bits per heavy atom. The zero-order valence-electron chi connectivity index (χ0n) is 14.8. The zero-order chi connectivity index (χ0) is 19.4. The van der Waals surface area contributed by atoms with E-state index in [4.69, 9.17) is 19.9 Å².